The number of thioether (sulfide) groups is 1. The van der Waals surface area contributed by atoms with Gasteiger partial charge in [-0.3, -0.25) is 4.79 Å². The first kappa shape index (κ1) is 14.3. The quantitative estimate of drug-likeness (QED) is 0.758. The lowest BCUT2D eigenvalue weighted by Gasteiger charge is -2.07. The summed E-state index contributed by atoms with van der Waals surface area (Å²) >= 11 is 1.29. The van der Waals surface area contributed by atoms with Crippen molar-refractivity contribution in [2.75, 3.05) is 24.3 Å². The molecule has 7 nitrogen and oxygen atoms in total. The second-order valence-corrected chi connectivity index (χ2v) is 7.63. The summed E-state index contributed by atoms with van der Waals surface area (Å²) in [7, 11) is 0.443. The van der Waals surface area contributed by atoms with E-state index in [1.807, 2.05) is 0 Å². The Kier molecular flexibility index (Phi) is 4.14. The van der Waals surface area contributed by atoms with Crippen LogP contribution in [-0.4, -0.2) is 53.4 Å². The van der Waals surface area contributed by atoms with Crippen molar-refractivity contribution >= 4 is 27.5 Å². The van der Waals surface area contributed by atoms with E-state index in [9.17, 15) is 13.2 Å². The molecule has 1 fully saturated rings. The van der Waals surface area contributed by atoms with Crippen LogP contribution in [0.2, 0.25) is 0 Å². The summed E-state index contributed by atoms with van der Waals surface area (Å²) in [4.78, 5) is 11.2. The van der Waals surface area contributed by atoms with Crippen LogP contribution in [0.1, 0.15) is 18.2 Å². The van der Waals surface area contributed by atoms with Crippen LogP contribution in [0.15, 0.2) is 5.16 Å². The highest BCUT2D eigenvalue weighted by Crippen LogP contribution is 2.29. The predicted molar refractivity (Wildman–Crippen MR) is 71.8 cm³/mol. The van der Waals surface area contributed by atoms with Crippen molar-refractivity contribution < 1.29 is 13.2 Å². The maximum atomic E-state index is 11.5. The van der Waals surface area contributed by atoms with Crippen molar-refractivity contribution in [3.63, 3.8) is 0 Å². The third-order valence-electron chi connectivity index (χ3n) is 3.08. The number of carbonyl (C=O) groups is 1. The molecule has 1 aromatic rings. The van der Waals surface area contributed by atoms with Gasteiger partial charge in [-0.25, -0.2) is 8.42 Å². The minimum Gasteiger partial charge on any atom is -0.358 e. The van der Waals surface area contributed by atoms with E-state index in [1.54, 1.807) is 18.7 Å². The van der Waals surface area contributed by atoms with Gasteiger partial charge in [0.05, 0.1) is 17.3 Å². The third kappa shape index (κ3) is 3.27. The van der Waals surface area contributed by atoms with Gasteiger partial charge in [-0.05, 0) is 6.42 Å². The van der Waals surface area contributed by atoms with Crippen LogP contribution in [0.3, 0.4) is 0 Å². The number of sulfone groups is 1. The maximum absolute atomic E-state index is 11.5. The van der Waals surface area contributed by atoms with E-state index >= 15 is 0 Å². The molecule has 2 rings (SSSR count). The van der Waals surface area contributed by atoms with Crippen LogP contribution >= 0.6 is 11.8 Å². The summed E-state index contributed by atoms with van der Waals surface area (Å²) in [6.07, 6.45) is 0.592. The molecule has 1 aliphatic heterocycles. The first-order chi connectivity index (χ1) is 8.93. The maximum Gasteiger partial charge on any atom is 0.230 e. The van der Waals surface area contributed by atoms with Crippen LogP contribution in [0.25, 0.3) is 0 Å². The van der Waals surface area contributed by atoms with Crippen LogP contribution < -0.4 is 5.32 Å². The van der Waals surface area contributed by atoms with E-state index in [1.165, 1.54) is 11.8 Å². The summed E-state index contributed by atoms with van der Waals surface area (Å²) in [5, 5.41) is 11.2. The van der Waals surface area contributed by atoms with Gasteiger partial charge >= 0.3 is 0 Å². The molecule has 1 atom stereocenters. The van der Waals surface area contributed by atoms with Crippen LogP contribution in [0, 0.1) is 0 Å². The molecule has 1 N–H and O–H groups in total. The van der Waals surface area contributed by atoms with Gasteiger partial charge in [-0.2, -0.15) is 0 Å². The standard InChI is InChI=1S/C10H16N4O3S2/c1-11-8(15)5-18-10-13-12-9(14(10)2)7-3-4-19(16,17)6-7/h7H,3-6H2,1-2H3,(H,11,15)/t7-/m1/s1. The van der Waals surface area contributed by atoms with Gasteiger partial charge in [0.2, 0.25) is 5.91 Å². The van der Waals surface area contributed by atoms with E-state index in [0.717, 1.165) is 0 Å². The molecule has 1 amide bonds. The molecule has 0 bridgehead atoms. The largest absolute Gasteiger partial charge is 0.358 e. The summed E-state index contributed by atoms with van der Waals surface area (Å²) in [6, 6.07) is 0. The van der Waals surface area contributed by atoms with Gasteiger partial charge in [0.1, 0.15) is 5.82 Å². The highest BCUT2D eigenvalue weighted by atomic mass is 32.2. The zero-order chi connectivity index (χ0) is 14.0. The molecule has 0 spiro atoms. The van der Waals surface area contributed by atoms with Crippen molar-refractivity contribution in [2.24, 2.45) is 7.05 Å². The Morgan fingerprint density at radius 3 is 2.84 bits per heavy atom. The molecule has 1 aromatic heterocycles. The van der Waals surface area contributed by atoms with E-state index in [2.05, 4.69) is 15.5 Å². The molecule has 9 heteroatoms. The Bertz CT molecular complexity index is 582. The monoisotopic (exact) mass is 304 g/mol. The Labute approximate surface area is 116 Å². The van der Waals surface area contributed by atoms with Gasteiger partial charge in [0.15, 0.2) is 15.0 Å². The highest BCUT2D eigenvalue weighted by Gasteiger charge is 2.32. The fraction of sp³-hybridized carbons (Fsp3) is 0.700. The second-order valence-electron chi connectivity index (χ2n) is 4.46. The zero-order valence-electron chi connectivity index (χ0n) is 10.8. The van der Waals surface area contributed by atoms with E-state index in [0.29, 0.717) is 17.4 Å². The number of nitrogens with zero attached hydrogens (tertiary/aromatic N) is 3. The summed E-state index contributed by atoms with van der Waals surface area (Å²) in [6.45, 7) is 0. The highest BCUT2D eigenvalue weighted by molar-refractivity contribution is 7.99. The Balaban J connectivity index is 2.08. The number of nitrogens with one attached hydrogen (secondary N) is 1. The molecule has 1 saturated heterocycles. The Morgan fingerprint density at radius 2 is 2.26 bits per heavy atom. The molecular weight excluding hydrogens is 288 g/mol. The molecule has 0 aliphatic carbocycles. The minimum atomic E-state index is -2.93. The number of carbonyl (C=O) groups excluding carboxylic acids is 1. The molecule has 19 heavy (non-hydrogen) atoms. The van der Waals surface area contributed by atoms with Crippen molar-refractivity contribution in [1.82, 2.24) is 20.1 Å². The van der Waals surface area contributed by atoms with Gasteiger partial charge < -0.3 is 9.88 Å². The van der Waals surface area contributed by atoms with Crippen LogP contribution in [0.5, 0.6) is 0 Å². The molecule has 2 heterocycles. The average Bonchev–Trinajstić information content (AvgIpc) is 2.89. The molecule has 0 saturated carbocycles. The summed E-state index contributed by atoms with van der Waals surface area (Å²) in [5.41, 5.74) is 0. The smallest absolute Gasteiger partial charge is 0.230 e. The van der Waals surface area contributed by atoms with E-state index in [4.69, 9.17) is 0 Å². The lowest BCUT2D eigenvalue weighted by Crippen LogP contribution is -2.20. The lowest BCUT2D eigenvalue weighted by molar-refractivity contribution is -0.118. The molecule has 1 aliphatic rings. The first-order valence-electron chi connectivity index (χ1n) is 5.86. The number of rotatable bonds is 4. The van der Waals surface area contributed by atoms with E-state index < -0.39 is 9.84 Å². The topological polar surface area (TPSA) is 94.0 Å². The number of aromatic nitrogens is 3. The molecule has 106 valence electrons. The van der Waals surface area contributed by atoms with Gasteiger partial charge in [-0.1, -0.05) is 11.8 Å². The van der Waals surface area contributed by atoms with Crippen LogP contribution in [0.4, 0.5) is 0 Å². The van der Waals surface area contributed by atoms with Gasteiger partial charge in [0.25, 0.3) is 0 Å². The number of hydrogen-bond donors (Lipinski definition) is 1. The predicted octanol–water partition coefficient (Wildman–Crippen LogP) is -0.445. The van der Waals surface area contributed by atoms with E-state index in [-0.39, 0.29) is 29.1 Å². The molecule has 0 aromatic carbocycles. The van der Waals surface area contributed by atoms with Crippen LogP contribution in [-0.2, 0) is 21.7 Å². The fourth-order valence-electron chi connectivity index (χ4n) is 2.01. The molecular formula is C10H16N4O3S2. The summed E-state index contributed by atoms with van der Waals surface area (Å²) in [5.74, 6) is 1.13. The Morgan fingerprint density at radius 1 is 1.53 bits per heavy atom. The lowest BCUT2D eigenvalue weighted by atomic mass is 10.1. The second kappa shape index (κ2) is 5.49. The molecule has 0 unspecified atom stereocenters. The van der Waals surface area contributed by atoms with Gasteiger partial charge in [0, 0.05) is 20.0 Å². The zero-order valence-corrected chi connectivity index (χ0v) is 12.4. The van der Waals surface area contributed by atoms with Crippen molar-refractivity contribution in [3.8, 4) is 0 Å². The normalized spacial score (nSPS) is 21.5. The summed E-state index contributed by atoms with van der Waals surface area (Å²) < 4.78 is 24.7. The number of hydrogen-bond acceptors (Lipinski definition) is 6. The number of amides is 1. The first-order valence-corrected chi connectivity index (χ1v) is 8.66. The third-order valence-corrected chi connectivity index (χ3v) is 5.87. The minimum absolute atomic E-state index is 0.0852. The Hall–Kier alpha value is -1.09. The average molecular weight is 304 g/mol. The van der Waals surface area contributed by atoms with Crippen molar-refractivity contribution in [3.05, 3.63) is 5.82 Å². The van der Waals surface area contributed by atoms with Gasteiger partial charge in [-0.15, -0.1) is 10.2 Å². The van der Waals surface area contributed by atoms with Crippen molar-refractivity contribution in [1.29, 1.82) is 0 Å². The fourth-order valence-corrected chi connectivity index (χ4v) is 4.54. The molecule has 0 radical (unpaired) electrons. The SMILES string of the molecule is CNC(=O)CSc1nnc([C@@H]2CCS(=O)(=O)C2)n1C. The van der Waals surface area contributed by atoms with Crippen molar-refractivity contribution in [2.45, 2.75) is 17.5 Å².